The van der Waals surface area contributed by atoms with Crippen molar-refractivity contribution in [2.75, 3.05) is 26.3 Å². The van der Waals surface area contributed by atoms with Crippen LogP contribution in [-0.4, -0.2) is 59.8 Å². The van der Waals surface area contributed by atoms with Crippen LogP contribution in [0, 0.1) is 5.82 Å². The predicted octanol–water partition coefficient (Wildman–Crippen LogP) is 2.00. The van der Waals surface area contributed by atoms with Crippen LogP contribution in [0.3, 0.4) is 0 Å². The Balaban J connectivity index is 1.45. The van der Waals surface area contributed by atoms with Crippen molar-refractivity contribution < 1.29 is 39.2 Å². The van der Waals surface area contributed by atoms with Crippen molar-refractivity contribution >= 4 is 17.7 Å². The number of hydrogen-bond acceptors (Lipinski definition) is 6. The van der Waals surface area contributed by atoms with E-state index in [-0.39, 0.29) is 11.1 Å². The Morgan fingerprint density at radius 2 is 2.09 bits per heavy atom. The highest BCUT2D eigenvalue weighted by Gasteiger charge is 2.40. The fourth-order valence-electron chi connectivity index (χ4n) is 3.95. The molecule has 2 aromatic carbocycles. The third-order valence-corrected chi connectivity index (χ3v) is 5.72. The van der Waals surface area contributed by atoms with E-state index in [9.17, 15) is 14.4 Å². The van der Waals surface area contributed by atoms with Gasteiger partial charge in [-0.05, 0) is 30.1 Å². The molecule has 1 N–H and O–H groups in total. The lowest BCUT2D eigenvalue weighted by Crippen LogP contribution is -2.52. The monoisotopic (exact) mass is 475 g/mol. The average Bonchev–Trinajstić information content (AvgIpc) is 3.29. The maximum absolute atomic E-state index is 15.0. The number of carbonyl (C=O) groups is 3. The molecule has 3 aliphatic rings. The molecule has 3 aliphatic heterocycles. The summed E-state index contributed by atoms with van der Waals surface area (Å²) >= 11 is 0. The second-order valence-electron chi connectivity index (χ2n) is 7.93. The van der Waals surface area contributed by atoms with Crippen LogP contribution in [0.5, 0.6) is 5.75 Å². The summed E-state index contributed by atoms with van der Waals surface area (Å²) in [5.74, 6) is -5.48. The molecule has 3 heterocycles. The minimum Gasteiger partial charge on any atom is -0.488 e. The highest BCUT2D eigenvalue weighted by Crippen LogP contribution is 2.34. The molecule has 0 bridgehead atoms. The molecule has 8 nitrogen and oxygen atoms in total. The number of hydrogen-bond donors (Lipinski definition) is 1. The molecule has 2 aromatic rings. The summed E-state index contributed by atoms with van der Waals surface area (Å²) in [5.41, 5.74) is 0.0406. The Bertz CT molecular complexity index is 1500. The van der Waals surface area contributed by atoms with E-state index in [2.05, 4.69) is 4.90 Å². The number of amides is 3. The van der Waals surface area contributed by atoms with Gasteiger partial charge >= 0.3 is 0 Å². The number of piperidine rings is 1. The van der Waals surface area contributed by atoms with Crippen LogP contribution in [0.15, 0.2) is 36.3 Å². The van der Waals surface area contributed by atoms with Gasteiger partial charge in [-0.2, -0.15) is 0 Å². The molecule has 178 valence electrons. The van der Waals surface area contributed by atoms with E-state index >= 15 is 4.39 Å². The second-order valence-corrected chi connectivity index (χ2v) is 7.93. The number of rotatable bonds is 6. The van der Waals surface area contributed by atoms with Crippen molar-refractivity contribution in [3.63, 3.8) is 0 Å². The van der Waals surface area contributed by atoms with Gasteiger partial charge in [-0.3, -0.25) is 24.6 Å². The number of halogens is 1. The molecular formula is C25H26FN3O5. The number of ether oxygens (including phenoxy) is 2. The SMILES string of the molecule is [2H]c1c([2H])c(OCc2ccc(CN3CCOCC3)cc2F)c2c(c1[2H])C(=O)N(C1([2H])C(=O)NC(=O)C([2H])([2H])C1([2H])[2H])C2. The van der Waals surface area contributed by atoms with Gasteiger partial charge in [0.2, 0.25) is 11.8 Å². The standard InChI is InChI=1S/C25H26FN3O5/c26-20-12-16(13-28-8-10-33-11-9-28)4-5-17(20)15-34-22-3-1-2-18-19(22)14-29(25(18)32)21-6-7-23(30)27-24(21)31/h1-5,12,21H,6-11,13-15H2,(H,27,30,31)/i1D,2D,3D,6D2,7D2,21D. The minimum atomic E-state index is -3.54. The smallest absolute Gasteiger partial charge is 0.255 e. The first-order chi connectivity index (χ1) is 19.6. The van der Waals surface area contributed by atoms with Gasteiger partial charge in [-0.15, -0.1) is 0 Å². The summed E-state index contributed by atoms with van der Waals surface area (Å²) < 4.78 is 91.8. The lowest BCUT2D eigenvalue weighted by molar-refractivity contribution is -0.136. The molecule has 0 aromatic heterocycles. The Morgan fingerprint density at radius 3 is 2.88 bits per heavy atom. The molecule has 1 unspecified atom stereocenters. The van der Waals surface area contributed by atoms with E-state index in [4.69, 9.17) is 20.4 Å². The van der Waals surface area contributed by atoms with Gasteiger partial charge < -0.3 is 14.4 Å². The Hall–Kier alpha value is -3.30. The number of imide groups is 1. The number of nitrogens with one attached hydrogen (secondary N) is 1. The first kappa shape index (κ1) is 14.9. The Morgan fingerprint density at radius 1 is 1.26 bits per heavy atom. The van der Waals surface area contributed by atoms with E-state index in [1.165, 1.54) is 12.1 Å². The molecule has 34 heavy (non-hydrogen) atoms. The molecule has 0 radical (unpaired) electrons. The van der Waals surface area contributed by atoms with E-state index in [0.717, 1.165) is 0 Å². The maximum atomic E-state index is 15.0. The zero-order valence-electron chi connectivity index (χ0n) is 26.0. The summed E-state index contributed by atoms with van der Waals surface area (Å²) in [6.07, 6.45) is -6.94. The van der Waals surface area contributed by atoms with Crippen molar-refractivity contribution in [2.45, 2.75) is 38.5 Å². The third-order valence-electron chi connectivity index (χ3n) is 5.72. The maximum Gasteiger partial charge on any atom is 0.255 e. The van der Waals surface area contributed by atoms with Crippen LogP contribution >= 0.6 is 0 Å². The molecule has 0 saturated carbocycles. The van der Waals surface area contributed by atoms with Crippen molar-refractivity contribution in [3.8, 4) is 5.75 Å². The van der Waals surface area contributed by atoms with Gasteiger partial charge in [-0.25, -0.2) is 4.39 Å². The molecule has 9 heteroatoms. The molecule has 2 saturated heterocycles. The minimum absolute atomic E-state index is 0.0863. The van der Waals surface area contributed by atoms with Gasteiger partial charge in [0, 0.05) is 48.2 Å². The predicted molar refractivity (Wildman–Crippen MR) is 119 cm³/mol. The summed E-state index contributed by atoms with van der Waals surface area (Å²) in [6.45, 7) is 1.89. The van der Waals surface area contributed by atoms with Crippen LogP contribution < -0.4 is 10.1 Å². The summed E-state index contributed by atoms with van der Waals surface area (Å²) in [4.78, 5) is 40.7. The van der Waals surface area contributed by atoms with Gasteiger partial charge in [-0.1, -0.05) is 18.2 Å². The lowest BCUT2D eigenvalue weighted by atomic mass is 10.0. The van der Waals surface area contributed by atoms with E-state index in [0.29, 0.717) is 43.3 Å². The average molecular weight is 476 g/mol. The van der Waals surface area contributed by atoms with Crippen LogP contribution in [0.4, 0.5) is 4.39 Å². The number of benzene rings is 2. The highest BCUT2D eigenvalue weighted by molar-refractivity contribution is 6.05. The van der Waals surface area contributed by atoms with E-state index < -0.39 is 84.9 Å². The molecule has 2 fully saturated rings. The largest absolute Gasteiger partial charge is 0.488 e. The van der Waals surface area contributed by atoms with Crippen LogP contribution in [0.2, 0.25) is 0 Å². The van der Waals surface area contributed by atoms with Gasteiger partial charge in [0.25, 0.3) is 5.91 Å². The summed E-state index contributed by atoms with van der Waals surface area (Å²) in [7, 11) is 0. The number of fused-ring (bicyclic) bond motifs is 1. The van der Waals surface area contributed by atoms with Crippen LogP contribution in [0.25, 0.3) is 0 Å². The van der Waals surface area contributed by atoms with Crippen LogP contribution in [-0.2, 0) is 34.0 Å². The second kappa shape index (κ2) is 9.52. The first-order valence-electron chi connectivity index (χ1n) is 14.6. The zero-order chi connectivity index (χ0) is 30.8. The normalized spacial score (nSPS) is 29.4. The van der Waals surface area contributed by atoms with Gasteiger partial charge in [0.15, 0.2) is 0 Å². The third kappa shape index (κ3) is 4.53. The number of nitrogens with zero attached hydrogens (tertiary/aromatic N) is 2. The van der Waals surface area contributed by atoms with Crippen molar-refractivity contribution in [1.29, 1.82) is 0 Å². The van der Waals surface area contributed by atoms with Crippen molar-refractivity contribution in [3.05, 3.63) is 64.4 Å². The number of morpholine rings is 1. The fraction of sp³-hybridized carbons (Fsp3) is 0.400. The molecule has 1 atom stereocenters. The molecule has 3 amide bonds. The van der Waals surface area contributed by atoms with Crippen molar-refractivity contribution in [2.24, 2.45) is 0 Å². The highest BCUT2D eigenvalue weighted by atomic mass is 19.1. The Labute approximate surface area is 207 Å². The zero-order valence-corrected chi connectivity index (χ0v) is 18.0. The summed E-state index contributed by atoms with van der Waals surface area (Å²) in [6, 6.07) is -0.868. The van der Waals surface area contributed by atoms with E-state index in [1.54, 1.807) is 11.4 Å². The lowest BCUT2D eigenvalue weighted by Gasteiger charge is -2.29. The quantitative estimate of drug-likeness (QED) is 0.643. The summed E-state index contributed by atoms with van der Waals surface area (Å²) in [5, 5.41) is 1.60. The van der Waals surface area contributed by atoms with Crippen molar-refractivity contribution in [1.82, 2.24) is 15.1 Å². The van der Waals surface area contributed by atoms with Gasteiger partial charge in [0.1, 0.15) is 24.2 Å². The van der Waals surface area contributed by atoms with Crippen LogP contribution in [0.1, 0.15) is 50.8 Å². The molecule has 5 rings (SSSR count). The first-order valence-corrected chi connectivity index (χ1v) is 10.6. The fourth-order valence-corrected chi connectivity index (χ4v) is 3.95. The molecule has 0 spiro atoms. The van der Waals surface area contributed by atoms with Gasteiger partial charge in [0.05, 0.1) is 25.2 Å². The topological polar surface area (TPSA) is 88.2 Å². The molecular weight excluding hydrogens is 441 g/mol. The Kier molecular flexibility index (Phi) is 4.16. The number of carbonyl (C=O) groups excluding carboxylic acids is 3. The molecule has 0 aliphatic carbocycles. The van der Waals surface area contributed by atoms with E-state index in [1.807, 2.05) is 0 Å².